The first-order valence-electron chi connectivity index (χ1n) is 10.5. The topological polar surface area (TPSA) is 81.8 Å². The molecule has 0 saturated carbocycles. The maximum Gasteiger partial charge on any atom is 0.286 e. The van der Waals surface area contributed by atoms with E-state index in [1.54, 1.807) is 0 Å². The number of carbonyl (C=O) groups excluding carboxylic acids is 3. The third-order valence-electron chi connectivity index (χ3n) is 5.96. The molecule has 2 unspecified atom stereocenters. The molecule has 3 aliphatic heterocycles. The number of hydrogen-bond donors (Lipinski definition) is 2. The van der Waals surface area contributed by atoms with Gasteiger partial charge in [-0.25, -0.2) is 0 Å². The van der Waals surface area contributed by atoms with Gasteiger partial charge in [0.15, 0.2) is 0 Å². The Morgan fingerprint density at radius 2 is 1.97 bits per heavy atom. The van der Waals surface area contributed by atoms with Crippen molar-refractivity contribution < 1.29 is 14.4 Å². The average molecular weight is 417 g/mol. The molecule has 4 rings (SSSR count). The van der Waals surface area contributed by atoms with Gasteiger partial charge in [-0.2, -0.15) is 0 Å². The molecule has 8 heteroatoms. The van der Waals surface area contributed by atoms with Gasteiger partial charge in [0, 0.05) is 38.4 Å². The van der Waals surface area contributed by atoms with Crippen LogP contribution in [0.15, 0.2) is 24.3 Å². The van der Waals surface area contributed by atoms with Crippen molar-refractivity contribution in [3.8, 4) is 0 Å². The zero-order valence-electron chi connectivity index (χ0n) is 16.6. The van der Waals surface area contributed by atoms with E-state index >= 15 is 0 Å². The Hall–Kier alpha value is -2.06. The number of hydrogen-bond acceptors (Lipinski definition) is 6. The molecular weight excluding hydrogens is 388 g/mol. The molecule has 0 spiro atoms. The number of nitrogens with one attached hydrogen (secondary N) is 2. The van der Waals surface area contributed by atoms with E-state index in [2.05, 4.69) is 21.6 Å². The van der Waals surface area contributed by atoms with Crippen LogP contribution in [0, 0.1) is 5.92 Å². The Balaban J connectivity index is 1.42. The van der Waals surface area contributed by atoms with Crippen LogP contribution in [0.25, 0.3) is 0 Å². The maximum atomic E-state index is 12.9. The minimum atomic E-state index is -0.368. The van der Waals surface area contributed by atoms with E-state index in [-0.39, 0.29) is 28.2 Å². The van der Waals surface area contributed by atoms with E-state index < -0.39 is 0 Å². The number of nitrogens with zero attached hydrogens (tertiary/aromatic N) is 2. The van der Waals surface area contributed by atoms with Crippen LogP contribution in [0.5, 0.6) is 0 Å². The summed E-state index contributed by atoms with van der Waals surface area (Å²) in [6.45, 7) is 4.99. The lowest BCUT2D eigenvalue weighted by atomic mass is 9.98. The van der Waals surface area contributed by atoms with Crippen LogP contribution >= 0.6 is 11.8 Å². The molecule has 1 aromatic rings. The first kappa shape index (κ1) is 20.2. The number of thioether (sulfide) groups is 1. The van der Waals surface area contributed by atoms with Gasteiger partial charge < -0.3 is 15.1 Å². The van der Waals surface area contributed by atoms with Crippen molar-refractivity contribution in [2.45, 2.75) is 30.9 Å². The van der Waals surface area contributed by atoms with Gasteiger partial charge >= 0.3 is 0 Å². The Labute approximate surface area is 175 Å². The minimum absolute atomic E-state index is 0.109. The van der Waals surface area contributed by atoms with Gasteiger partial charge in [-0.3, -0.25) is 19.7 Å². The van der Waals surface area contributed by atoms with Crippen molar-refractivity contribution in [3.63, 3.8) is 0 Å². The molecule has 0 aromatic heterocycles. The first-order chi connectivity index (χ1) is 14.1. The summed E-state index contributed by atoms with van der Waals surface area (Å²) in [7, 11) is 0. The molecule has 2 atom stereocenters. The van der Waals surface area contributed by atoms with E-state index in [0.29, 0.717) is 6.42 Å². The molecule has 0 bridgehead atoms. The highest BCUT2D eigenvalue weighted by Gasteiger charge is 2.33. The number of amides is 3. The summed E-state index contributed by atoms with van der Waals surface area (Å²) in [5, 5.41) is 5.07. The van der Waals surface area contributed by atoms with E-state index in [4.69, 9.17) is 0 Å². The highest BCUT2D eigenvalue weighted by molar-refractivity contribution is 8.15. The smallest absolute Gasteiger partial charge is 0.286 e. The second-order valence-corrected chi connectivity index (χ2v) is 9.10. The third kappa shape index (κ3) is 4.75. The number of carbonyl (C=O) groups is 3. The van der Waals surface area contributed by atoms with E-state index in [9.17, 15) is 14.4 Å². The highest BCUT2D eigenvalue weighted by Crippen LogP contribution is 2.29. The average Bonchev–Trinajstić information content (AvgIpc) is 2.93. The molecule has 2 N–H and O–H groups in total. The Bertz CT molecular complexity index is 781. The standard InChI is InChI=1S/C21H28N4O3S/c26-19-18(29-21(28)23-19)13-15-5-1-2-7-17(15)24-9-4-10-25(12-11-24)20(27)16-6-3-8-22-14-16/h1-2,5,7,16,18,22H,3-4,6,8-14H2,(H,23,26,28). The van der Waals surface area contributed by atoms with Crippen molar-refractivity contribution in [2.75, 3.05) is 44.2 Å². The van der Waals surface area contributed by atoms with E-state index in [1.165, 1.54) is 0 Å². The zero-order chi connectivity index (χ0) is 20.2. The van der Waals surface area contributed by atoms with Crippen LogP contribution in [0.1, 0.15) is 24.8 Å². The SMILES string of the molecule is O=C1NC(=O)C(Cc2ccccc2N2CCCN(C(=O)C3CCCNC3)CC2)S1. The van der Waals surface area contributed by atoms with Gasteiger partial charge in [0.25, 0.3) is 5.24 Å². The molecule has 3 heterocycles. The van der Waals surface area contributed by atoms with Gasteiger partial charge in [0.2, 0.25) is 11.8 Å². The Morgan fingerprint density at radius 1 is 1.10 bits per heavy atom. The summed E-state index contributed by atoms with van der Waals surface area (Å²) in [6.07, 6.45) is 3.51. The van der Waals surface area contributed by atoms with Crippen LogP contribution in [0.3, 0.4) is 0 Å². The first-order valence-corrected chi connectivity index (χ1v) is 11.3. The minimum Gasteiger partial charge on any atom is -0.369 e. The van der Waals surface area contributed by atoms with Crippen molar-refractivity contribution in [1.29, 1.82) is 0 Å². The lowest BCUT2D eigenvalue weighted by molar-refractivity contribution is -0.135. The number of imide groups is 1. The number of rotatable bonds is 4. The second-order valence-electron chi connectivity index (χ2n) is 7.93. The summed E-state index contributed by atoms with van der Waals surface area (Å²) in [4.78, 5) is 40.7. The molecule has 0 radical (unpaired) electrons. The lowest BCUT2D eigenvalue weighted by Gasteiger charge is -2.29. The fraction of sp³-hybridized carbons (Fsp3) is 0.571. The second kappa shape index (κ2) is 9.17. The van der Waals surface area contributed by atoms with Gasteiger partial charge in [-0.1, -0.05) is 30.0 Å². The molecule has 29 heavy (non-hydrogen) atoms. The van der Waals surface area contributed by atoms with E-state index in [1.807, 2.05) is 23.1 Å². The normalized spacial score (nSPS) is 25.7. The summed E-state index contributed by atoms with van der Waals surface area (Å²) in [5.41, 5.74) is 2.18. The monoisotopic (exact) mass is 416 g/mol. The molecule has 3 amide bonds. The summed E-state index contributed by atoms with van der Waals surface area (Å²) in [6, 6.07) is 8.10. The molecule has 3 saturated heterocycles. The van der Waals surface area contributed by atoms with Crippen LogP contribution in [-0.2, 0) is 16.0 Å². The van der Waals surface area contributed by atoms with Gasteiger partial charge in [0.1, 0.15) is 0 Å². The van der Waals surface area contributed by atoms with Crippen molar-refractivity contribution in [1.82, 2.24) is 15.5 Å². The predicted octanol–water partition coefficient (Wildman–Crippen LogP) is 1.62. The zero-order valence-corrected chi connectivity index (χ0v) is 17.4. The lowest BCUT2D eigenvalue weighted by Crippen LogP contribution is -2.44. The van der Waals surface area contributed by atoms with E-state index in [0.717, 1.165) is 81.5 Å². The van der Waals surface area contributed by atoms with Crippen molar-refractivity contribution in [3.05, 3.63) is 29.8 Å². The Morgan fingerprint density at radius 3 is 2.72 bits per heavy atom. The van der Waals surface area contributed by atoms with Crippen LogP contribution in [0.4, 0.5) is 10.5 Å². The molecule has 3 fully saturated rings. The number of piperidine rings is 1. The third-order valence-corrected chi connectivity index (χ3v) is 6.94. The Kier molecular flexibility index (Phi) is 6.40. The van der Waals surface area contributed by atoms with Crippen LogP contribution < -0.4 is 15.5 Å². The number of anilines is 1. The summed E-state index contributed by atoms with van der Waals surface area (Å²) in [5.74, 6) is 0.187. The largest absolute Gasteiger partial charge is 0.369 e. The maximum absolute atomic E-state index is 12.9. The number of benzene rings is 1. The highest BCUT2D eigenvalue weighted by atomic mass is 32.2. The quantitative estimate of drug-likeness (QED) is 0.776. The summed E-state index contributed by atoms with van der Waals surface area (Å²) >= 11 is 1.07. The molecule has 7 nitrogen and oxygen atoms in total. The fourth-order valence-corrected chi connectivity index (χ4v) is 5.27. The van der Waals surface area contributed by atoms with Gasteiger partial charge in [-0.15, -0.1) is 0 Å². The molecule has 3 aliphatic rings. The number of para-hydroxylation sites is 1. The van der Waals surface area contributed by atoms with Crippen molar-refractivity contribution >= 4 is 34.5 Å². The fourth-order valence-electron chi connectivity index (χ4n) is 4.42. The molecule has 156 valence electrons. The van der Waals surface area contributed by atoms with Gasteiger partial charge in [-0.05, 0) is 43.9 Å². The van der Waals surface area contributed by atoms with Crippen molar-refractivity contribution in [2.24, 2.45) is 5.92 Å². The molecular formula is C21H28N4O3S. The predicted molar refractivity (Wildman–Crippen MR) is 114 cm³/mol. The van der Waals surface area contributed by atoms with Crippen LogP contribution in [0.2, 0.25) is 0 Å². The summed E-state index contributed by atoms with van der Waals surface area (Å²) < 4.78 is 0. The van der Waals surface area contributed by atoms with Gasteiger partial charge in [0.05, 0.1) is 11.2 Å². The molecule has 1 aromatic carbocycles. The molecule has 0 aliphatic carbocycles. The van der Waals surface area contributed by atoms with Crippen LogP contribution in [-0.4, -0.2) is 66.5 Å².